The summed E-state index contributed by atoms with van der Waals surface area (Å²) >= 11 is 6.72. The molecule has 2 heterocycles. The van der Waals surface area contributed by atoms with E-state index in [1.165, 1.54) is 16.9 Å². The molecule has 2 nitrogen and oxygen atoms in total. The number of hydrogen-bond acceptors (Lipinski definition) is 3. The molecule has 0 aromatic carbocycles. The zero-order chi connectivity index (χ0) is 13.4. The van der Waals surface area contributed by atoms with Crippen molar-refractivity contribution in [2.75, 3.05) is 0 Å². The van der Waals surface area contributed by atoms with Gasteiger partial charge >= 0.3 is 0 Å². The molecule has 0 unspecified atom stereocenters. The fourth-order valence-electron chi connectivity index (χ4n) is 2.04. The van der Waals surface area contributed by atoms with Crippen LogP contribution in [0.25, 0.3) is 0 Å². The molecule has 5 heteroatoms. The Kier molecular flexibility index (Phi) is 3.78. The first-order valence-corrected chi connectivity index (χ1v) is 8.78. The van der Waals surface area contributed by atoms with Crippen LogP contribution in [0.5, 0.6) is 0 Å². The predicted molar refractivity (Wildman–Crippen MR) is 84.0 cm³/mol. The predicted octanol–water partition coefficient (Wildman–Crippen LogP) is 4.69. The molecule has 1 amide bonds. The molecule has 1 fully saturated rings. The van der Waals surface area contributed by atoms with E-state index in [0.29, 0.717) is 6.04 Å². The molecule has 1 aliphatic carbocycles. The van der Waals surface area contributed by atoms with Crippen molar-refractivity contribution in [1.29, 1.82) is 0 Å². The third-order valence-electron chi connectivity index (χ3n) is 3.25. The molecule has 0 spiro atoms. The van der Waals surface area contributed by atoms with Crippen LogP contribution in [0.1, 0.15) is 33.6 Å². The molecule has 1 saturated carbocycles. The van der Waals surface area contributed by atoms with Gasteiger partial charge in [-0.3, -0.25) is 4.79 Å². The summed E-state index contributed by atoms with van der Waals surface area (Å²) in [6.07, 6.45) is 2.28. The Balaban J connectivity index is 1.81. The highest BCUT2D eigenvalue weighted by molar-refractivity contribution is 9.11. The number of carbonyl (C=O) groups is 1. The van der Waals surface area contributed by atoms with Gasteiger partial charge in [0.2, 0.25) is 0 Å². The summed E-state index contributed by atoms with van der Waals surface area (Å²) in [5.74, 6) is 0.174. The van der Waals surface area contributed by atoms with Crippen LogP contribution in [0.4, 0.5) is 0 Å². The number of carbonyl (C=O) groups excluding carboxylic acids is 1. The lowest BCUT2D eigenvalue weighted by atomic mass is 10.2. The van der Waals surface area contributed by atoms with Gasteiger partial charge in [0, 0.05) is 12.6 Å². The minimum Gasteiger partial charge on any atom is -0.331 e. The Hall–Kier alpha value is -0.650. The van der Waals surface area contributed by atoms with Gasteiger partial charge in [-0.05, 0) is 69.7 Å². The van der Waals surface area contributed by atoms with E-state index in [2.05, 4.69) is 32.8 Å². The standard InChI is InChI=1S/C14H14BrNOS2/c1-9-6-12(19-13(9)15)14(17)16(11-2-3-11)7-10-4-5-18-8-10/h4-6,8,11H,2-3,7H2,1H3. The summed E-state index contributed by atoms with van der Waals surface area (Å²) < 4.78 is 1.06. The molecule has 2 aromatic heterocycles. The van der Waals surface area contributed by atoms with Crippen LogP contribution in [0.3, 0.4) is 0 Å². The Morgan fingerprint density at radius 1 is 1.53 bits per heavy atom. The van der Waals surface area contributed by atoms with Gasteiger partial charge in [0.15, 0.2) is 0 Å². The Morgan fingerprint density at radius 3 is 2.84 bits per heavy atom. The maximum Gasteiger partial charge on any atom is 0.264 e. The molecular formula is C14H14BrNOS2. The lowest BCUT2D eigenvalue weighted by Crippen LogP contribution is -2.31. The first kappa shape index (κ1) is 13.3. The van der Waals surface area contributed by atoms with Gasteiger partial charge in [-0.1, -0.05) is 0 Å². The summed E-state index contributed by atoms with van der Waals surface area (Å²) in [4.78, 5) is 15.5. The molecule has 100 valence electrons. The van der Waals surface area contributed by atoms with Gasteiger partial charge < -0.3 is 4.90 Å². The van der Waals surface area contributed by atoms with Crippen LogP contribution in [0.15, 0.2) is 26.7 Å². The molecule has 0 bridgehead atoms. The summed E-state index contributed by atoms with van der Waals surface area (Å²) in [6.45, 7) is 2.76. The number of amides is 1. The normalized spacial score (nSPS) is 14.6. The second-order valence-electron chi connectivity index (χ2n) is 4.86. The number of thiophene rings is 2. The molecule has 19 heavy (non-hydrogen) atoms. The summed E-state index contributed by atoms with van der Waals surface area (Å²) in [7, 11) is 0. The number of rotatable bonds is 4. The van der Waals surface area contributed by atoms with Crippen LogP contribution in [-0.4, -0.2) is 16.8 Å². The first-order valence-electron chi connectivity index (χ1n) is 6.23. The average Bonchev–Trinajstić information content (AvgIpc) is 3.00. The van der Waals surface area contributed by atoms with E-state index < -0.39 is 0 Å². The van der Waals surface area contributed by atoms with Gasteiger partial charge in [0.05, 0.1) is 8.66 Å². The van der Waals surface area contributed by atoms with Gasteiger partial charge in [-0.25, -0.2) is 0 Å². The van der Waals surface area contributed by atoms with Gasteiger partial charge in [-0.2, -0.15) is 11.3 Å². The van der Waals surface area contributed by atoms with Crippen molar-refractivity contribution < 1.29 is 4.79 Å². The van der Waals surface area contributed by atoms with Crippen LogP contribution >= 0.6 is 38.6 Å². The van der Waals surface area contributed by atoms with Crippen molar-refractivity contribution >= 4 is 44.5 Å². The van der Waals surface area contributed by atoms with Crippen molar-refractivity contribution in [3.05, 3.63) is 42.7 Å². The molecule has 3 rings (SSSR count). The van der Waals surface area contributed by atoms with Gasteiger partial charge in [-0.15, -0.1) is 11.3 Å². The van der Waals surface area contributed by atoms with Crippen LogP contribution in [0.2, 0.25) is 0 Å². The van der Waals surface area contributed by atoms with Crippen LogP contribution in [0, 0.1) is 6.92 Å². The molecule has 0 saturated heterocycles. The highest BCUT2D eigenvalue weighted by Crippen LogP contribution is 2.33. The summed E-state index contributed by atoms with van der Waals surface area (Å²) in [5, 5.41) is 4.19. The summed E-state index contributed by atoms with van der Waals surface area (Å²) in [6, 6.07) is 4.52. The van der Waals surface area contributed by atoms with Crippen molar-refractivity contribution in [2.24, 2.45) is 0 Å². The molecule has 0 N–H and O–H groups in total. The molecule has 0 radical (unpaired) electrons. The van der Waals surface area contributed by atoms with E-state index in [1.807, 2.05) is 17.9 Å². The van der Waals surface area contributed by atoms with Crippen molar-refractivity contribution in [3.63, 3.8) is 0 Å². The lowest BCUT2D eigenvalue weighted by Gasteiger charge is -2.21. The highest BCUT2D eigenvalue weighted by Gasteiger charge is 2.33. The highest BCUT2D eigenvalue weighted by atomic mass is 79.9. The second kappa shape index (κ2) is 5.38. The fourth-order valence-corrected chi connectivity index (χ4v) is 4.19. The van der Waals surface area contributed by atoms with Crippen LogP contribution in [-0.2, 0) is 6.54 Å². The SMILES string of the molecule is Cc1cc(C(=O)N(Cc2ccsc2)C2CC2)sc1Br. The molecule has 2 aromatic rings. The second-order valence-corrected chi connectivity index (χ2v) is 8.01. The first-order chi connectivity index (χ1) is 9.15. The fraction of sp³-hybridized carbons (Fsp3) is 0.357. The quantitative estimate of drug-likeness (QED) is 0.779. The Morgan fingerprint density at radius 2 is 2.32 bits per heavy atom. The third-order valence-corrected chi connectivity index (χ3v) is 6.11. The lowest BCUT2D eigenvalue weighted by molar-refractivity contribution is 0.0735. The smallest absolute Gasteiger partial charge is 0.264 e. The minimum absolute atomic E-state index is 0.174. The average molecular weight is 356 g/mol. The zero-order valence-electron chi connectivity index (χ0n) is 10.6. The number of hydrogen-bond donors (Lipinski definition) is 0. The molecule has 0 atom stereocenters. The monoisotopic (exact) mass is 355 g/mol. The summed E-state index contributed by atoms with van der Waals surface area (Å²) in [5.41, 5.74) is 2.37. The topological polar surface area (TPSA) is 20.3 Å². The van der Waals surface area contributed by atoms with Crippen molar-refractivity contribution in [1.82, 2.24) is 4.90 Å². The minimum atomic E-state index is 0.174. The largest absolute Gasteiger partial charge is 0.331 e. The van der Waals surface area contributed by atoms with E-state index in [4.69, 9.17) is 0 Å². The zero-order valence-corrected chi connectivity index (χ0v) is 13.8. The maximum atomic E-state index is 12.6. The van der Waals surface area contributed by atoms with E-state index in [-0.39, 0.29) is 5.91 Å². The maximum absolute atomic E-state index is 12.6. The Bertz CT molecular complexity index is 567. The van der Waals surface area contributed by atoms with Crippen molar-refractivity contribution in [2.45, 2.75) is 32.4 Å². The van der Waals surface area contributed by atoms with Gasteiger partial charge in [0.1, 0.15) is 0 Å². The number of halogens is 1. The number of aryl methyl sites for hydroxylation is 1. The third kappa shape index (κ3) is 2.93. The van der Waals surface area contributed by atoms with Gasteiger partial charge in [0.25, 0.3) is 5.91 Å². The van der Waals surface area contributed by atoms with E-state index in [9.17, 15) is 4.79 Å². The van der Waals surface area contributed by atoms with E-state index >= 15 is 0 Å². The molecular weight excluding hydrogens is 342 g/mol. The number of nitrogens with zero attached hydrogens (tertiary/aromatic N) is 1. The van der Waals surface area contributed by atoms with E-state index in [1.54, 1.807) is 11.3 Å². The van der Waals surface area contributed by atoms with Crippen LogP contribution < -0.4 is 0 Å². The molecule has 1 aliphatic rings. The van der Waals surface area contributed by atoms with Crippen molar-refractivity contribution in [3.8, 4) is 0 Å². The van der Waals surface area contributed by atoms with E-state index in [0.717, 1.165) is 33.6 Å². The Labute approximate surface area is 129 Å². The molecule has 0 aliphatic heterocycles.